The largest absolute Gasteiger partial charge is 0.606 e. The van der Waals surface area contributed by atoms with Crippen LogP contribution in [0.1, 0.15) is 21.5 Å². The third-order valence-electron chi connectivity index (χ3n) is 5.60. The highest BCUT2D eigenvalue weighted by Gasteiger charge is 2.20. The van der Waals surface area contributed by atoms with E-state index in [1.807, 2.05) is 0 Å². The van der Waals surface area contributed by atoms with E-state index in [0.717, 1.165) is 18.2 Å². The first-order valence-electron chi connectivity index (χ1n) is 11.4. The summed E-state index contributed by atoms with van der Waals surface area (Å²) in [5.41, 5.74) is 0.944. The lowest BCUT2D eigenvalue weighted by molar-refractivity contribution is 0.0969. The molecular formula is C28H20Cl2F2N2O3S2. The average Bonchev–Trinajstić information content (AvgIpc) is 2.90. The van der Waals surface area contributed by atoms with Crippen LogP contribution in [0.4, 0.5) is 14.5 Å². The molecule has 1 unspecified atom stereocenters. The summed E-state index contributed by atoms with van der Waals surface area (Å²) in [4.78, 5) is 13.5. The first kappa shape index (κ1) is 28.8. The van der Waals surface area contributed by atoms with Gasteiger partial charge in [-0.1, -0.05) is 29.3 Å². The first-order chi connectivity index (χ1) is 18.5. The highest BCUT2D eigenvalue weighted by Crippen LogP contribution is 2.39. The average molecular weight is 606 g/mol. The Morgan fingerprint density at radius 1 is 0.949 bits per heavy atom. The molecule has 0 saturated carbocycles. The third-order valence-corrected chi connectivity index (χ3v) is 7.91. The number of thiocarbonyl (C=S) groups is 1. The molecule has 0 spiro atoms. The van der Waals surface area contributed by atoms with Crippen LogP contribution >= 0.6 is 35.4 Å². The molecule has 0 aliphatic heterocycles. The van der Waals surface area contributed by atoms with Crippen molar-refractivity contribution in [3.05, 3.63) is 111 Å². The minimum absolute atomic E-state index is 0.167. The molecule has 4 aromatic carbocycles. The molecule has 4 aromatic rings. The van der Waals surface area contributed by atoms with E-state index in [0.29, 0.717) is 48.1 Å². The molecule has 4 rings (SSSR count). The zero-order chi connectivity index (χ0) is 28.3. The third kappa shape index (κ3) is 6.69. The maximum Gasteiger partial charge on any atom is 0.263 e. The lowest BCUT2D eigenvalue weighted by atomic mass is 10.1. The molecule has 0 radical (unpaired) electrons. The SMILES string of the molecule is Cc1cc(NC(=S)NC(=O)c2c(F)cccc2F)c(C)c(Cl)c1Oc1ccc([S+]([O-])c2ccc(Cl)cc2)cc1. The van der Waals surface area contributed by atoms with Gasteiger partial charge in [-0.2, -0.15) is 0 Å². The van der Waals surface area contributed by atoms with Crippen LogP contribution in [0.2, 0.25) is 10.0 Å². The van der Waals surface area contributed by atoms with E-state index >= 15 is 0 Å². The van der Waals surface area contributed by atoms with E-state index in [4.69, 9.17) is 40.2 Å². The van der Waals surface area contributed by atoms with E-state index in [-0.39, 0.29) is 5.11 Å². The van der Waals surface area contributed by atoms with Crippen LogP contribution in [0.5, 0.6) is 11.5 Å². The summed E-state index contributed by atoms with van der Waals surface area (Å²) in [5, 5.41) is 5.79. The van der Waals surface area contributed by atoms with Gasteiger partial charge >= 0.3 is 0 Å². The van der Waals surface area contributed by atoms with Gasteiger partial charge in [0.2, 0.25) is 0 Å². The first-order valence-corrected chi connectivity index (χ1v) is 13.7. The lowest BCUT2D eigenvalue weighted by Gasteiger charge is -2.18. The van der Waals surface area contributed by atoms with Crippen molar-refractivity contribution in [1.29, 1.82) is 0 Å². The smallest absolute Gasteiger partial charge is 0.263 e. The zero-order valence-electron chi connectivity index (χ0n) is 20.5. The fraction of sp³-hybridized carbons (Fsp3) is 0.0714. The molecule has 11 heteroatoms. The van der Waals surface area contributed by atoms with E-state index in [9.17, 15) is 18.1 Å². The minimum atomic E-state index is -1.38. The molecule has 0 aromatic heterocycles. The summed E-state index contributed by atoms with van der Waals surface area (Å²) in [5.74, 6) is -2.16. The molecule has 1 atom stereocenters. The Labute approximate surface area is 242 Å². The van der Waals surface area contributed by atoms with Crippen LogP contribution in [0.15, 0.2) is 82.6 Å². The van der Waals surface area contributed by atoms with Gasteiger partial charge in [-0.05, 0) is 104 Å². The summed E-state index contributed by atoms with van der Waals surface area (Å²) in [6.07, 6.45) is 0. The van der Waals surface area contributed by atoms with Crippen molar-refractivity contribution in [1.82, 2.24) is 5.32 Å². The molecule has 0 heterocycles. The number of anilines is 1. The van der Waals surface area contributed by atoms with Crippen molar-refractivity contribution in [3.8, 4) is 11.5 Å². The fourth-order valence-electron chi connectivity index (χ4n) is 3.58. The van der Waals surface area contributed by atoms with E-state index in [1.54, 1.807) is 68.4 Å². The van der Waals surface area contributed by atoms with Crippen LogP contribution in [-0.2, 0) is 11.2 Å². The second kappa shape index (κ2) is 12.3. The van der Waals surface area contributed by atoms with Gasteiger partial charge in [0.25, 0.3) is 5.91 Å². The molecule has 1 amide bonds. The number of aryl methyl sites for hydroxylation is 1. The molecule has 0 aliphatic carbocycles. The summed E-state index contributed by atoms with van der Waals surface area (Å²) in [6.45, 7) is 3.49. The van der Waals surface area contributed by atoms with Gasteiger partial charge in [0.1, 0.15) is 28.7 Å². The predicted octanol–water partition coefficient (Wildman–Crippen LogP) is 7.97. The maximum absolute atomic E-state index is 13.9. The minimum Gasteiger partial charge on any atom is -0.606 e. The van der Waals surface area contributed by atoms with Gasteiger partial charge in [0.15, 0.2) is 14.9 Å². The van der Waals surface area contributed by atoms with Crippen molar-refractivity contribution in [2.24, 2.45) is 0 Å². The van der Waals surface area contributed by atoms with Crippen LogP contribution in [0.3, 0.4) is 0 Å². The van der Waals surface area contributed by atoms with Crippen LogP contribution < -0.4 is 15.4 Å². The highest BCUT2D eigenvalue weighted by molar-refractivity contribution is 7.91. The monoisotopic (exact) mass is 604 g/mol. The number of carbonyl (C=O) groups is 1. The Morgan fingerprint density at radius 3 is 2.10 bits per heavy atom. The summed E-state index contributed by atoms with van der Waals surface area (Å²) < 4.78 is 46.7. The van der Waals surface area contributed by atoms with Gasteiger partial charge in [0.05, 0.1) is 5.02 Å². The Kier molecular flexibility index (Phi) is 9.09. The quantitative estimate of drug-likeness (QED) is 0.172. The number of nitrogens with one attached hydrogen (secondary N) is 2. The zero-order valence-corrected chi connectivity index (χ0v) is 23.6. The topological polar surface area (TPSA) is 73.4 Å². The number of hydrogen-bond acceptors (Lipinski definition) is 4. The van der Waals surface area contributed by atoms with Crippen molar-refractivity contribution >= 4 is 63.3 Å². The highest BCUT2D eigenvalue weighted by atomic mass is 35.5. The van der Waals surface area contributed by atoms with Crippen LogP contribution in [-0.4, -0.2) is 15.6 Å². The summed E-state index contributed by atoms with van der Waals surface area (Å²) >= 11 is 16.3. The predicted molar refractivity (Wildman–Crippen MR) is 154 cm³/mol. The number of rotatable bonds is 6. The number of carbonyl (C=O) groups excluding carboxylic acids is 1. The molecule has 0 saturated heterocycles. The Morgan fingerprint density at radius 2 is 1.51 bits per heavy atom. The molecular weight excluding hydrogens is 585 g/mol. The van der Waals surface area contributed by atoms with Gasteiger partial charge in [-0.25, -0.2) is 8.78 Å². The Hall–Kier alpha value is -3.21. The van der Waals surface area contributed by atoms with Crippen molar-refractivity contribution in [3.63, 3.8) is 0 Å². The Balaban J connectivity index is 1.47. The van der Waals surface area contributed by atoms with Crippen molar-refractivity contribution in [2.45, 2.75) is 23.6 Å². The van der Waals surface area contributed by atoms with Gasteiger partial charge in [-0.3, -0.25) is 10.1 Å². The molecule has 0 aliphatic rings. The van der Waals surface area contributed by atoms with Crippen molar-refractivity contribution in [2.75, 3.05) is 5.32 Å². The molecule has 5 nitrogen and oxygen atoms in total. The number of amides is 1. The van der Waals surface area contributed by atoms with Crippen molar-refractivity contribution < 1.29 is 22.9 Å². The number of benzene rings is 4. The standard InChI is InChI=1S/C28H20Cl2F2N2O3S2/c1-15-14-23(33-28(38)34-27(35)24-21(31)4-3-5-22(24)32)16(2)25(30)26(15)37-18-8-12-20(13-9-18)39(36)19-10-6-17(29)7-11-19/h3-14H,1-2H3,(H2,33,34,35,38). The molecule has 39 heavy (non-hydrogen) atoms. The second-order valence-electron chi connectivity index (χ2n) is 8.31. The van der Waals surface area contributed by atoms with Gasteiger partial charge < -0.3 is 14.6 Å². The van der Waals surface area contributed by atoms with E-state index in [2.05, 4.69) is 10.6 Å². The molecule has 0 fully saturated rings. The summed E-state index contributed by atoms with van der Waals surface area (Å²) in [6, 6.07) is 18.4. The van der Waals surface area contributed by atoms with Gasteiger partial charge in [0, 0.05) is 21.9 Å². The van der Waals surface area contributed by atoms with E-state index < -0.39 is 34.3 Å². The second-order valence-corrected chi connectivity index (χ2v) is 11.0. The van der Waals surface area contributed by atoms with E-state index in [1.165, 1.54) is 0 Å². The van der Waals surface area contributed by atoms with Crippen LogP contribution in [0.25, 0.3) is 0 Å². The number of hydrogen-bond donors (Lipinski definition) is 2. The normalized spacial score (nSPS) is 11.6. The summed E-state index contributed by atoms with van der Waals surface area (Å²) in [7, 11) is 0. The fourth-order valence-corrected chi connectivity index (χ4v) is 5.24. The molecule has 2 N–H and O–H groups in total. The molecule has 200 valence electrons. The number of ether oxygens (including phenoxy) is 1. The molecule has 0 bridgehead atoms. The lowest BCUT2D eigenvalue weighted by Crippen LogP contribution is -2.35. The van der Waals surface area contributed by atoms with Crippen LogP contribution in [0, 0.1) is 25.5 Å². The maximum atomic E-state index is 13.9. The Bertz CT molecular complexity index is 1530. The number of halogens is 4. The van der Waals surface area contributed by atoms with Gasteiger partial charge in [-0.15, -0.1) is 0 Å².